The monoisotopic (exact) mass is 308 g/mol. The second kappa shape index (κ2) is 6.45. The molecule has 0 aliphatic heterocycles. The van der Waals surface area contributed by atoms with Crippen LogP contribution < -0.4 is 10.5 Å². The number of nitrogens with two attached hydrogens (primary N) is 1. The van der Waals surface area contributed by atoms with Crippen molar-refractivity contribution >= 4 is 17.4 Å². The number of benzene rings is 2. The number of ether oxygens (including phenoxy) is 1. The third-order valence-corrected chi connectivity index (χ3v) is 3.14. The SMILES string of the molecule is Cc1ccc(Cl)cc1OCc1cc(F)cc(/C(N)=N/O)c1. The predicted molar refractivity (Wildman–Crippen MR) is 79.4 cm³/mol. The molecule has 3 N–H and O–H groups in total. The summed E-state index contributed by atoms with van der Waals surface area (Å²) in [6, 6.07) is 9.41. The topological polar surface area (TPSA) is 67.8 Å². The molecule has 0 saturated heterocycles. The van der Waals surface area contributed by atoms with Crippen molar-refractivity contribution in [3.63, 3.8) is 0 Å². The second-order valence-electron chi connectivity index (χ2n) is 4.53. The molecule has 6 heteroatoms. The van der Waals surface area contributed by atoms with Crippen molar-refractivity contribution in [3.8, 4) is 5.75 Å². The molecule has 21 heavy (non-hydrogen) atoms. The number of halogens is 2. The zero-order valence-electron chi connectivity index (χ0n) is 11.3. The molecule has 0 fully saturated rings. The molecular formula is C15H14ClFN2O2. The van der Waals surface area contributed by atoms with Gasteiger partial charge in [-0.25, -0.2) is 4.39 Å². The van der Waals surface area contributed by atoms with Crippen LogP contribution in [-0.4, -0.2) is 11.0 Å². The van der Waals surface area contributed by atoms with Gasteiger partial charge in [0, 0.05) is 10.6 Å². The molecule has 0 aromatic heterocycles. The highest BCUT2D eigenvalue weighted by Gasteiger charge is 2.07. The van der Waals surface area contributed by atoms with Gasteiger partial charge in [0.25, 0.3) is 0 Å². The van der Waals surface area contributed by atoms with Gasteiger partial charge in [0.1, 0.15) is 18.2 Å². The first-order valence-corrected chi connectivity index (χ1v) is 6.53. The Morgan fingerprint density at radius 1 is 1.33 bits per heavy atom. The van der Waals surface area contributed by atoms with Crippen LogP contribution in [0.3, 0.4) is 0 Å². The van der Waals surface area contributed by atoms with Gasteiger partial charge in [0.2, 0.25) is 0 Å². The zero-order valence-corrected chi connectivity index (χ0v) is 12.1. The number of amidine groups is 1. The van der Waals surface area contributed by atoms with Crippen LogP contribution in [0.2, 0.25) is 5.02 Å². The van der Waals surface area contributed by atoms with E-state index in [1.54, 1.807) is 18.2 Å². The predicted octanol–water partition coefficient (Wildman–Crippen LogP) is 3.46. The summed E-state index contributed by atoms with van der Waals surface area (Å²) >= 11 is 5.91. The van der Waals surface area contributed by atoms with Crippen molar-refractivity contribution in [2.45, 2.75) is 13.5 Å². The number of hydrogen-bond donors (Lipinski definition) is 2. The highest BCUT2D eigenvalue weighted by molar-refractivity contribution is 6.30. The third kappa shape index (κ3) is 3.86. The standard InChI is InChI=1S/C15H14ClFN2O2/c1-9-2-3-12(16)7-14(9)21-8-10-4-11(15(18)19-20)6-13(17)5-10/h2-7,20H,8H2,1H3,(H2,18,19). The molecule has 0 radical (unpaired) electrons. The van der Waals surface area contributed by atoms with Gasteiger partial charge in [0.05, 0.1) is 0 Å². The van der Waals surface area contributed by atoms with Gasteiger partial charge < -0.3 is 15.7 Å². The molecule has 0 atom stereocenters. The van der Waals surface area contributed by atoms with Gasteiger partial charge in [-0.15, -0.1) is 0 Å². The highest BCUT2D eigenvalue weighted by Crippen LogP contribution is 2.23. The first kappa shape index (κ1) is 15.1. The van der Waals surface area contributed by atoms with E-state index in [0.29, 0.717) is 21.9 Å². The fourth-order valence-electron chi connectivity index (χ4n) is 1.83. The van der Waals surface area contributed by atoms with Crippen molar-refractivity contribution in [3.05, 3.63) is 63.9 Å². The smallest absolute Gasteiger partial charge is 0.170 e. The fraction of sp³-hybridized carbons (Fsp3) is 0.133. The van der Waals surface area contributed by atoms with Crippen LogP contribution in [0.1, 0.15) is 16.7 Å². The normalized spacial score (nSPS) is 11.5. The number of rotatable bonds is 4. The Morgan fingerprint density at radius 2 is 2.10 bits per heavy atom. The molecule has 0 spiro atoms. The van der Waals surface area contributed by atoms with Crippen LogP contribution in [0.4, 0.5) is 4.39 Å². The van der Waals surface area contributed by atoms with E-state index in [-0.39, 0.29) is 12.4 Å². The summed E-state index contributed by atoms with van der Waals surface area (Å²) in [5.41, 5.74) is 7.24. The minimum Gasteiger partial charge on any atom is -0.489 e. The average Bonchev–Trinajstić information content (AvgIpc) is 2.46. The molecule has 2 aromatic rings. The van der Waals surface area contributed by atoms with Gasteiger partial charge in [-0.1, -0.05) is 22.8 Å². The van der Waals surface area contributed by atoms with E-state index < -0.39 is 5.82 Å². The molecule has 0 bridgehead atoms. The molecule has 0 unspecified atom stereocenters. The van der Waals surface area contributed by atoms with Crippen LogP contribution in [0.15, 0.2) is 41.6 Å². The summed E-state index contributed by atoms with van der Waals surface area (Å²) in [5.74, 6) is -0.0210. The van der Waals surface area contributed by atoms with E-state index in [0.717, 1.165) is 5.56 Å². The molecule has 4 nitrogen and oxygen atoms in total. The fourth-order valence-corrected chi connectivity index (χ4v) is 1.99. The number of aryl methyl sites for hydroxylation is 1. The summed E-state index contributed by atoms with van der Waals surface area (Å²) in [6.45, 7) is 2.03. The maximum atomic E-state index is 13.5. The van der Waals surface area contributed by atoms with Crippen molar-refractivity contribution in [2.24, 2.45) is 10.9 Å². The summed E-state index contributed by atoms with van der Waals surface area (Å²) in [7, 11) is 0. The third-order valence-electron chi connectivity index (χ3n) is 2.91. The number of oxime groups is 1. The quantitative estimate of drug-likeness (QED) is 0.393. The van der Waals surface area contributed by atoms with E-state index >= 15 is 0 Å². The Bertz CT molecular complexity index is 689. The second-order valence-corrected chi connectivity index (χ2v) is 4.97. The Balaban J connectivity index is 2.20. The van der Waals surface area contributed by atoms with Crippen molar-refractivity contribution in [1.82, 2.24) is 0 Å². The summed E-state index contributed by atoms with van der Waals surface area (Å²) in [6.07, 6.45) is 0. The van der Waals surface area contributed by atoms with Gasteiger partial charge in [-0.05, 0) is 48.4 Å². The lowest BCUT2D eigenvalue weighted by molar-refractivity contribution is 0.303. The van der Waals surface area contributed by atoms with Crippen LogP contribution >= 0.6 is 11.6 Å². The van der Waals surface area contributed by atoms with Gasteiger partial charge in [0.15, 0.2) is 5.84 Å². The Kier molecular flexibility index (Phi) is 4.65. The molecule has 0 aliphatic carbocycles. The minimum atomic E-state index is -0.486. The van der Waals surface area contributed by atoms with Crippen LogP contribution in [-0.2, 0) is 6.61 Å². The Labute approximate surface area is 126 Å². The highest BCUT2D eigenvalue weighted by atomic mass is 35.5. The molecule has 0 heterocycles. The Morgan fingerprint density at radius 3 is 2.81 bits per heavy atom. The molecule has 2 rings (SSSR count). The molecule has 0 aliphatic rings. The van der Waals surface area contributed by atoms with Crippen LogP contribution in [0.5, 0.6) is 5.75 Å². The van der Waals surface area contributed by atoms with E-state index in [4.69, 9.17) is 27.3 Å². The number of nitrogens with zero attached hydrogens (tertiary/aromatic N) is 1. The summed E-state index contributed by atoms with van der Waals surface area (Å²) in [5, 5.41) is 12.1. The average molecular weight is 309 g/mol. The largest absolute Gasteiger partial charge is 0.489 e. The lowest BCUT2D eigenvalue weighted by Crippen LogP contribution is -2.14. The van der Waals surface area contributed by atoms with Crippen molar-refractivity contribution < 1.29 is 14.3 Å². The molecule has 0 amide bonds. The zero-order chi connectivity index (χ0) is 15.4. The maximum absolute atomic E-state index is 13.5. The lowest BCUT2D eigenvalue weighted by atomic mass is 10.1. The van der Waals surface area contributed by atoms with E-state index in [9.17, 15) is 4.39 Å². The minimum absolute atomic E-state index is 0.144. The first-order chi connectivity index (χ1) is 9.99. The molecule has 0 saturated carbocycles. The lowest BCUT2D eigenvalue weighted by Gasteiger charge is -2.10. The maximum Gasteiger partial charge on any atom is 0.170 e. The van der Waals surface area contributed by atoms with Crippen LogP contribution in [0.25, 0.3) is 0 Å². The van der Waals surface area contributed by atoms with Gasteiger partial charge in [-0.2, -0.15) is 0 Å². The van der Waals surface area contributed by atoms with Gasteiger partial charge >= 0.3 is 0 Å². The number of hydrogen-bond acceptors (Lipinski definition) is 3. The first-order valence-electron chi connectivity index (χ1n) is 6.16. The van der Waals surface area contributed by atoms with Crippen LogP contribution in [0, 0.1) is 12.7 Å². The summed E-state index contributed by atoms with van der Waals surface area (Å²) in [4.78, 5) is 0. The molecule has 110 valence electrons. The van der Waals surface area contributed by atoms with Gasteiger partial charge in [-0.3, -0.25) is 0 Å². The van der Waals surface area contributed by atoms with E-state index in [1.807, 2.05) is 13.0 Å². The van der Waals surface area contributed by atoms with E-state index in [1.165, 1.54) is 12.1 Å². The summed E-state index contributed by atoms with van der Waals surface area (Å²) < 4.78 is 19.2. The van der Waals surface area contributed by atoms with E-state index in [2.05, 4.69) is 5.16 Å². The molecular weight excluding hydrogens is 295 g/mol. The molecule has 2 aromatic carbocycles. The van der Waals surface area contributed by atoms with Crippen molar-refractivity contribution in [2.75, 3.05) is 0 Å². The van der Waals surface area contributed by atoms with Crippen molar-refractivity contribution in [1.29, 1.82) is 0 Å². The Hall–Kier alpha value is -2.27.